The molecule has 92 valence electrons. The van der Waals surface area contributed by atoms with Crippen molar-refractivity contribution in [3.05, 3.63) is 17.7 Å². The number of nitrogens with two attached hydrogens (primary N) is 1. The van der Waals surface area contributed by atoms with E-state index in [2.05, 4.69) is 18.3 Å². The minimum Gasteiger partial charge on any atom is -0.495 e. The summed E-state index contributed by atoms with van der Waals surface area (Å²) in [6, 6.07) is 5.85. The number of benzene rings is 1. The number of hydrogen-bond donors (Lipinski definition) is 2. The van der Waals surface area contributed by atoms with E-state index < -0.39 is 0 Å². The maximum Gasteiger partial charge on any atom is 0.142 e. The Morgan fingerprint density at radius 2 is 2.24 bits per heavy atom. The van der Waals surface area contributed by atoms with Crippen LogP contribution in [-0.2, 0) is 6.42 Å². The summed E-state index contributed by atoms with van der Waals surface area (Å²) in [6.45, 7) is 2.81. The van der Waals surface area contributed by atoms with Crippen molar-refractivity contribution in [2.24, 2.45) is 0 Å². The third kappa shape index (κ3) is 3.28. The van der Waals surface area contributed by atoms with Crippen LogP contribution in [-0.4, -0.2) is 13.7 Å². The molecule has 1 aromatic carbocycles. The molecule has 0 spiro atoms. The van der Waals surface area contributed by atoms with Crippen molar-refractivity contribution in [3.8, 4) is 11.8 Å². The zero-order valence-electron chi connectivity index (χ0n) is 10.4. The van der Waals surface area contributed by atoms with Gasteiger partial charge >= 0.3 is 0 Å². The summed E-state index contributed by atoms with van der Waals surface area (Å²) in [5.41, 5.74) is 8.73. The molecule has 0 saturated heterocycles. The van der Waals surface area contributed by atoms with E-state index in [1.54, 1.807) is 7.11 Å². The minimum absolute atomic E-state index is 0.555. The van der Waals surface area contributed by atoms with Gasteiger partial charge in [0.25, 0.3) is 0 Å². The molecule has 4 heteroatoms. The summed E-state index contributed by atoms with van der Waals surface area (Å²) in [7, 11) is 1.64. The number of nitrogen functional groups attached to an aromatic ring is 1. The molecule has 0 atom stereocenters. The molecule has 17 heavy (non-hydrogen) atoms. The molecule has 0 aliphatic carbocycles. The van der Waals surface area contributed by atoms with E-state index in [9.17, 15) is 0 Å². The van der Waals surface area contributed by atoms with Crippen LogP contribution in [0.4, 0.5) is 11.4 Å². The molecule has 0 saturated carbocycles. The van der Waals surface area contributed by atoms with E-state index in [-0.39, 0.29) is 0 Å². The van der Waals surface area contributed by atoms with Gasteiger partial charge in [-0.05, 0) is 25.0 Å². The summed E-state index contributed by atoms with van der Waals surface area (Å²) in [5, 5.41) is 11.8. The van der Waals surface area contributed by atoms with Crippen LogP contribution in [0, 0.1) is 11.3 Å². The first-order valence-corrected chi connectivity index (χ1v) is 5.80. The molecule has 4 nitrogen and oxygen atoms in total. The quantitative estimate of drug-likeness (QED) is 0.585. The van der Waals surface area contributed by atoms with Gasteiger partial charge in [0.15, 0.2) is 0 Å². The maximum absolute atomic E-state index is 8.49. The van der Waals surface area contributed by atoms with Gasteiger partial charge in [-0.25, -0.2) is 0 Å². The van der Waals surface area contributed by atoms with Gasteiger partial charge in [-0.3, -0.25) is 0 Å². The van der Waals surface area contributed by atoms with E-state index in [1.165, 1.54) is 0 Å². The fourth-order valence-electron chi connectivity index (χ4n) is 1.77. The number of hydrogen-bond acceptors (Lipinski definition) is 4. The Morgan fingerprint density at radius 3 is 2.82 bits per heavy atom. The van der Waals surface area contributed by atoms with Crippen molar-refractivity contribution in [1.29, 1.82) is 5.26 Å². The molecule has 0 bridgehead atoms. The summed E-state index contributed by atoms with van der Waals surface area (Å²) in [6.07, 6.45) is 2.22. The number of nitrogens with one attached hydrogen (secondary N) is 1. The molecule has 0 amide bonds. The van der Waals surface area contributed by atoms with Crippen LogP contribution >= 0.6 is 0 Å². The average Bonchev–Trinajstić information content (AvgIpc) is 2.35. The lowest BCUT2D eigenvalue weighted by Crippen LogP contribution is -2.07. The van der Waals surface area contributed by atoms with Gasteiger partial charge in [-0.2, -0.15) is 5.26 Å². The number of methoxy groups -OCH3 is 1. The van der Waals surface area contributed by atoms with Gasteiger partial charge in [0.05, 0.1) is 18.9 Å². The lowest BCUT2D eigenvalue weighted by atomic mass is 10.1. The standard InChI is InChI=1S/C13H19N3O/c1-3-10-11(15)6-7-12(17-2)13(10)16-9-5-4-8-14/h6-7,16H,3-5,9,15H2,1-2H3. The van der Waals surface area contributed by atoms with Crippen LogP contribution in [0.5, 0.6) is 5.75 Å². The number of unbranched alkanes of at least 4 members (excludes halogenated alkanes) is 1. The van der Waals surface area contributed by atoms with Crippen molar-refractivity contribution in [2.45, 2.75) is 26.2 Å². The first-order chi connectivity index (χ1) is 8.24. The smallest absolute Gasteiger partial charge is 0.142 e. The maximum atomic E-state index is 8.49. The van der Waals surface area contributed by atoms with Crippen molar-refractivity contribution < 1.29 is 4.74 Å². The van der Waals surface area contributed by atoms with Gasteiger partial charge < -0.3 is 15.8 Å². The number of rotatable bonds is 6. The van der Waals surface area contributed by atoms with Crippen LogP contribution in [0.3, 0.4) is 0 Å². The molecule has 0 aliphatic heterocycles. The van der Waals surface area contributed by atoms with Crippen LogP contribution in [0.2, 0.25) is 0 Å². The van der Waals surface area contributed by atoms with Gasteiger partial charge in [-0.15, -0.1) is 0 Å². The normalized spacial score (nSPS) is 9.71. The Hall–Kier alpha value is -1.89. The SMILES string of the molecule is CCc1c(N)ccc(OC)c1NCCCC#N. The van der Waals surface area contributed by atoms with Crippen LogP contribution in [0.25, 0.3) is 0 Å². The molecule has 0 aromatic heterocycles. The number of ether oxygens (including phenoxy) is 1. The molecular formula is C13H19N3O. The van der Waals surface area contributed by atoms with Crippen LogP contribution in [0.15, 0.2) is 12.1 Å². The fourth-order valence-corrected chi connectivity index (χ4v) is 1.77. The number of nitrogens with zero attached hydrogens (tertiary/aromatic N) is 1. The molecular weight excluding hydrogens is 214 g/mol. The summed E-state index contributed by atoms with van der Waals surface area (Å²) in [4.78, 5) is 0. The molecule has 3 N–H and O–H groups in total. The van der Waals surface area contributed by atoms with Gasteiger partial charge in [-0.1, -0.05) is 6.92 Å². The number of anilines is 2. The topological polar surface area (TPSA) is 71.1 Å². The van der Waals surface area contributed by atoms with Crippen molar-refractivity contribution in [3.63, 3.8) is 0 Å². The molecule has 0 radical (unpaired) electrons. The lowest BCUT2D eigenvalue weighted by molar-refractivity contribution is 0.416. The van der Waals surface area contributed by atoms with Crippen LogP contribution in [0.1, 0.15) is 25.3 Å². The lowest BCUT2D eigenvalue weighted by Gasteiger charge is -2.16. The number of nitriles is 1. The second-order valence-electron chi connectivity index (χ2n) is 3.75. The largest absolute Gasteiger partial charge is 0.495 e. The van der Waals surface area contributed by atoms with Crippen molar-refractivity contribution in [2.75, 3.05) is 24.7 Å². The molecule has 0 aliphatic rings. The summed E-state index contributed by atoms with van der Waals surface area (Å²) >= 11 is 0. The second-order valence-corrected chi connectivity index (χ2v) is 3.75. The predicted octanol–water partition coefficient (Wildman–Crippen LogP) is 2.56. The van der Waals surface area contributed by atoms with Crippen molar-refractivity contribution >= 4 is 11.4 Å². The molecule has 0 unspecified atom stereocenters. The summed E-state index contributed by atoms with van der Waals surface area (Å²) in [5.74, 6) is 0.799. The second kappa shape index (κ2) is 6.64. The molecule has 1 aromatic rings. The van der Waals surface area contributed by atoms with Gasteiger partial charge in [0, 0.05) is 24.2 Å². The Balaban J connectivity index is 2.86. The monoisotopic (exact) mass is 233 g/mol. The Morgan fingerprint density at radius 1 is 1.47 bits per heavy atom. The van der Waals surface area contributed by atoms with E-state index >= 15 is 0 Å². The van der Waals surface area contributed by atoms with Gasteiger partial charge in [0.1, 0.15) is 5.75 Å². The zero-order chi connectivity index (χ0) is 12.7. The fraction of sp³-hybridized carbons (Fsp3) is 0.462. The first-order valence-electron chi connectivity index (χ1n) is 5.80. The zero-order valence-corrected chi connectivity index (χ0v) is 10.4. The van der Waals surface area contributed by atoms with Crippen LogP contribution < -0.4 is 15.8 Å². The van der Waals surface area contributed by atoms with Crippen molar-refractivity contribution in [1.82, 2.24) is 0 Å². The first kappa shape index (κ1) is 13.2. The highest BCUT2D eigenvalue weighted by molar-refractivity contribution is 5.70. The Labute approximate surface area is 102 Å². The third-order valence-corrected chi connectivity index (χ3v) is 2.65. The predicted molar refractivity (Wildman–Crippen MR) is 70.1 cm³/mol. The van der Waals surface area contributed by atoms with Gasteiger partial charge in [0.2, 0.25) is 0 Å². The highest BCUT2D eigenvalue weighted by Crippen LogP contribution is 2.32. The Bertz CT molecular complexity index is 410. The molecule has 0 heterocycles. The summed E-state index contributed by atoms with van der Waals surface area (Å²) < 4.78 is 5.32. The average molecular weight is 233 g/mol. The van der Waals surface area contributed by atoms with E-state index in [4.69, 9.17) is 15.7 Å². The van der Waals surface area contributed by atoms with E-state index in [0.717, 1.165) is 42.1 Å². The van der Waals surface area contributed by atoms with E-state index in [0.29, 0.717) is 6.42 Å². The Kier molecular flexibility index (Phi) is 5.15. The molecule has 1 rings (SSSR count). The highest BCUT2D eigenvalue weighted by Gasteiger charge is 2.10. The highest BCUT2D eigenvalue weighted by atomic mass is 16.5. The third-order valence-electron chi connectivity index (χ3n) is 2.65. The minimum atomic E-state index is 0.555. The van der Waals surface area contributed by atoms with E-state index in [1.807, 2.05) is 12.1 Å². The molecule has 0 fully saturated rings.